The van der Waals surface area contributed by atoms with Crippen LogP contribution in [0.3, 0.4) is 0 Å². The number of halogens is 2. The molecule has 0 radical (unpaired) electrons. The Morgan fingerprint density at radius 2 is 1.60 bits per heavy atom. The number of amides is 2. The van der Waals surface area contributed by atoms with E-state index in [1.165, 1.54) is 30.3 Å². The molecular weight excluding hydrogens is 509 g/mol. The van der Waals surface area contributed by atoms with E-state index in [1.54, 1.807) is 42.5 Å². The maximum Gasteiger partial charge on any atom is 0.264 e. The fourth-order valence-corrected chi connectivity index (χ4v) is 5.09. The largest absolute Gasteiger partial charge is 0.352 e. The van der Waals surface area contributed by atoms with Crippen molar-refractivity contribution in [2.45, 2.75) is 18.7 Å². The highest BCUT2D eigenvalue weighted by Gasteiger charge is 2.29. The molecule has 184 valence electrons. The lowest BCUT2D eigenvalue weighted by Crippen LogP contribution is -2.38. The summed E-state index contributed by atoms with van der Waals surface area (Å²) >= 11 is 12.4. The number of nitrogens with one attached hydrogen (secondary N) is 2. The Morgan fingerprint density at radius 3 is 2.29 bits per heavy atom. The molecule has 0 aliphatic rings. The van der Waals surface area contributed by atoms with Crippen LogP contribution in [0.15, 0.2) is 77.7 Å². The molecule has 0 unspecified atom stereocenters. The Bertz CT molecular complexity index is 1320. The van der Waals surface area contributed by atoms with Gasteiger partial charge in [-0.3, -0.25) is 13.9 Å². The summed E-state index contributed by atoms with van der Waals surface area (Å²) in [7, 11) is -4.18. The second-order valence-corrected chi connectivity index (χ2v) is 10.8. The third-order valence-corrected chi connectivity index (χ3v) is 7.24. The highest BCUT2D eigenvalue weighted by atomic mass is 35.5. The van der Waals surface area contributed by atoms with Crippen LogP contribution in [0.2, 0.25) is 10.0 Å². The van der Waals surface area contributed by atoms with Gasteiger partial charge in [0.15, 0.2) is 0 Å². The van der Waals surface area contributed by atoms with Gasteiger partial charge in [-0.05, 0) is 48.4 Å². The van der Waals surface area contributed by atoms with Gasteiger partial charge in [0.2, 0.25) is 5.91 Å². The van der Waals surface area contributed by atoms with E-state index in [0.717, 1.165) is 4.31 Å². The van der Waals surface area contributed by atoms with Gasteiger partial charge >= 0.3 is 0 Å². The predicted octanol–water partition coefficient (Wildman–Crippen LogP) is 5.21. The van der Waals surface area contributed by atoms with Crippen LogP contribution >= 0.6 is 23.2 Å². The molecule has 0 aliphatic carbocycles. The van der Waals surface area contributed by atoms with Gasteiger partial charge in [0.05, 0.1) is 26.9 Å². The lowest BCUT2D eigenvalue weighted by Gasteiger charge is -2.25. The second-order valence-electron chi connectivity index (χ2n) is 8.12. The molecular formula is C25H25Cl2N3O4S. The maximum atomic E-state index is 13.5. The van der Waals surface area contributed by atoms with Crippen LogP contribution in [-0.2, 0) is 14.8 Å². The van der Waals surface area contributed by atoms with Crippen LogP contribution < -0.4 is 14.9 Å². The van der Waals surface area contributed by atoms with Crippen LogP contribution in [-0.4, -0.2) is 33.3 Å². The van der Waals surface area contributed by atoms with E-state index in [-0.39, 0.29) is 43.7 Å². The van der Waals surface area contributed by atoms with Crippen molar-refractivity contribution in [1.29, 1.82) is 0 Å². The molecule has 0 heterocycles. The van der Waals surface area contributed by atoms with Crippen molar-refractivity contribution in [3.63, 3.8) is 0 Å². The molecule has 0 saturated carbocycles. The van der Waals surface area contributed by atoms with Crippen molar-refractivity contribution in [1.82, 2.24) is 5.32 Å². The van der Waals surface area contributed by atoms with Crippen LogP contribution in [0.5, 0.6) is 0 Å². The maximum absolute atomic E-state index is 13.5. The minimum absolute atomic E-state index is 0.0164. The monoisotopic (exact) mass is 533 g/mol. The van der Waals surface area contributed by atoms with Gasteiger partial charge in [-0.2, -0.15) is 0 Å². The Morgan fingerprint density at radius 1 is 0.943 bits per heavy atom. The number of nitrogens with zero attached hydrogens (tertiary/aromatic N) is 1. The molecule has 0 spiro atoms. The van der Waals surface area contributed by atoms with Gasteiger partial charge in [-0.25, -0.2) is 8.42 Å². The zero-order valence-corrected chi connectivity index (χ0v) is 21.5. The molecule has 35 heavy (non-hydrogen) atoms. The van der Waals surface area contributed by atoms with Gasteiger partial charge in [0.25, 0.3) is 15.9 Å². The summed E-state index contributed by atoms with van der Waals surface area (Å²) in [4.78, 5) is 25.7. The minimum atomic E-state index is -4.18. The average molecular weight is 534 g/mol. The summed E-state index contributed by atoms with van der Waals surface area (Å²) in [5.41, 5.74) is 0.578. The summed E-state index contributed by atoms with van der Waals surface area (Å²) in [5.74, 6) is -0.759. The number of hydrogen-bond acceptors (Lipinski definition) is 4. The smallest absolute Gasteiger partial charge is 0.264 e. The standard InChI is InChI=1S/C25H25Cl2N3O4S/c1-17(2)15-28-25(32)20-10-6-7-11-22(20)29-24(31)16-30(23-14-18(26)12-13-21(23)27)35(33,34)19-8-4-3-5-9-19/h3-14,17H,15-16H2,1-2H3,(H,28,32)(H,29,31). The van der Waals surface area contributed by atoms with Gasteiger partial charge in [-0.1, -0.05) is 67.4 Å². The molecule has 0 saturated heterocycles. The fraction of sp³-hybridized carbons (Fsp3) is 0.200. The molecule has 10 heteroatoms. The number of sulfonamides is 1. The second kappa shape index (κ2) is 11.6. The summed E-state index contributed by atoms with van der Waals surface area (Å²) in [6.45, 7) is 3.81. The number of carbonyl (C=O) groups is 2. The number of benzene rings is 3. The third-order valence-electron chi connectivity index (χ3n) is 4.91. The summed E-state index contributed by atoms with van der Waals surface area (Å²) < 4.78 is 27.9. The summed E-state index contributed by atoms with van der Waals surface area (Å²) in [6, 6.07) is 18.6. The van der Waals surface area contributed by atoms with E-state index in [1.807, 2.05) is 13.8 Å². The molecule has 0 atom stereocenters. The highest BCUT2D eigenvalue weighted by Crippen LogP contribution is 2.33. The molecule has 3 aromatic rings. The van der Waals surface area contributed by atoms with Gasteiger partial charge in [0, 0.05) is 11.6 Å². The van der Waals surface area contributed by atoms with E-state index in [4.69, 9.17) is 23.2 Å². The van der Waals surface area contributed by atoms with E-state index >= 15 is 0 Å². The molecule has 0 bridgehead atoms. The lowest BCUT2D eigenvalue weighted by atomic mass is 10.1. The molecule has 7 nitrogen and oxygen atoms in total. The Balaban J connectivity index is 1.93. The number of rotatable bonds is 9. The zero-order valence-electron chi connectivity index (χ0n) is 19.2. The Labute approximate surface area is 215 Å². The normalized spacial score (nSPS) is 11.2. The van der Waals surface area contributed by atoms with Crippen LogP contribution in [0.4, 0.5) is 11.4 Å². The number of carbonyl (C=O) groups excluding carboxylic acids is 2. The number of para-hydroxylation sites is 1. The van der Waals surface area contributed by atoms with Crippen molar-refractivity contribution < 1.29 is 18.0 Å². The summed E-state index contributed by atoms with van der Waals surface area (Å²) in [5, 5.41) is 5.83. The van der Waals surface area contributed by atoms with Gasteiger partial charge < -0.3 is 10.6 Å². The fourth-order valence-electron chi connectivity index (χ4n) is 3.20. The van der Waals surface area contributed by atoms with Crippen molar-refractivity contribution in [2.75, 3.05) is 22.7 Å². The molecule has 0 aromatic heterocycles. The van der Waals surface area contributed by atoms with Crippen LogP contribution in [0.1, 0.15) is 24.2 Å². The van der Waals surface area contributed by atoms with Gasteiger partial charge in [0.1, 0.15) is 6.54 Å². The first-order valence-corrected chi connectivity index (χ1v) is 13.0. The van der Waals surface area contributed by atoms with Gasteiger partial charge in [-0.15, -0.1) is 0 Å². The summed E-state index contributed by atoms with van der Waals surface area (Å²) in [6.07, 6.45) is 0. The van der Waals surface area contributed by atoms with Crippen molar-refractivity contribution in [2.24, 2.45) is 5.92 Å². The van der Waals surface area contributed by atoms with E-state index in [0.29, 0.717) is 6.54 Å². The highest BCUT2D eigenvalue weighted by molar-refractivity contribution is 7.92. The molecule has 0 fully saturated rings. The third kappa shape index (κ3) is 6.75. The lowest BCUT2D eigenvalue weighted by molar-refractivity contribution is -0.114. The van der Waals surface area contributed by atoms with E-state index < -0.39 is 22.5 Å². The molecule has 0 aliphatic heterocycles. The SMILES string of the molecule is CC(C)CNC(=O)c1ccccc1NC(=O)CN(c1cc(Cl)ccc1Cl)S(=O)(=O)c1ccccc1. The Kier molecular flexibility index (Phi) is 8.77. The van der Waals surface area contributed by atoms with Crippen LogP contribution in [0, 0.1) is 5.92 Å². The first-order chi connectivity index (χ1) is 16.6. The average Bonchev–Trinajstić information content (AvgIpc) is 2.83. The number of anilines is 2. The van der Waals surface area contributed by atoms with Crippen molar-refractivity contribution in [3.8, 4) is 0 Å². The molecule has 3 aromatic carbocycles. The number of hydrogen-bond donors (Lipinski definition) is 2. The molecule has 2 amide bonds. The first kappa shape index (κ1) is 26.5. The minimum Gasteiger partial charge on any atom is -0.352 e. The van der Waals surface area contributed by atoms with Crippen LogP contribution in [0.25, 0.3) is 0 Å². The quantitative estimate of drug-likeness (QED) is 0.394. The van der Waals surface area contributed by atoms with E-state index in [9.17, 15) is 18.0 Å². The topological polar surface area (TPSA) is 95.6 Å². The predicted molar refractivity (Wildman–Crippen MR) is 140 cm³/mol. The molecule has 3 rings (SSSR count). The first-order valence-electron chi connectivity index (χ1n) is 10.8. The van der Waals surface area contributed by atoms with Crippen molar-refractivity contribution in [3.05, 3.63) is 88.4 Å². The van der Waals surface area contributed by atoms with E-state index in [2.05, 4.69) is 10.6 Å². The van der Waals surface area contributed by atoms with Crippen molar-refractivity contribution >= 4 is 56.4 Å². The molecule has 2 N–H and O–H groups in total. The Hall–Kier alpha value is -3.07. The zero-order chi connectivity index (χ0) is 25.6.